The molecule has 0 bridgehead atoms. The minimum Gasteiger partial charge on any atom is -0.0952 e. The van der Waals surface area contributed by atoms with Crippen LogP contribution in [-0.4, -0.2) is 0 Å². The summed E-state index contributed by atoms with van der Waals surface area (Å²) in [4.78, 5) is 2.94. The Bertz CT molecular complexity index is 329. The molecule has 0 amide bonds. The van der Waals surface area contributed by atoms with Gasteiger partial charge in [-0.25, -0.2) is 0 Å². The predicted octanol–water partition coefficient (Wildman–Crippen LogP) is 4.58. The maximum atomic E-state index is 2.38. The molecule has 0 radical (unpaired) electrons. The smallest absolute Gasteiger partial charge is 0.0111 e. The lowest BCUT2D eigenvalue weighted by Gasteiger charge is -2.14. The van der Waals surface area contributed by atoms with Crippen LogP contribution < -0.4 is 0 Å². The van der Waals surface area contributed by atoms with Gasteiger partial charge in [0, 0.05) is 4.91 Å². The topological polar surface area (TPSA) is 0 Å². The predicted molar refractivity (Wildman–Crippen MR) is 65.1 cm³/mol. The highest BCUT2D eigenvalue weighted by molar-refractivity contribution is 8.07. The first kappa shape index (κ1) is 9.85. The highest BCUT2D eigenvalue weighted by Crippen LogP contribution is 2.37. The van der Waals surface area contributed by atoms with E-state index in [4.69, 9.17) is 0 Å². The summed E-state index contributed by atoms with van der Waals surface area (Å²) in [5, 5.41) is 0. The van der Waals surface area contributed by atoms with Gasteiger partial charge in [-0.15, -0.1) is 0 Å². The van der Waals surface area contributed by atoms with Crippen LogP contribution in [0.2, 0.25) is 0 Å². The van der Waals surface area contributed by atoms with E-state index in [-0.39, 0.29) is 0 Å². The molecular weight excluding hydrogens is 188 g/mol. The largest absolute Gasteiger partial charge is 0.0952 e. The van der Waals surface area contributed by atoms with E-state index in [2.05, 4.69) is 37.3 Å². The summed E-state index contributed by atoms with van der Waals surface area (Å²) in [6.45, 7) is 2.20. The van der Waals surface area contributed by atoms with Crippen molar-refractivity contribution in [1.82, 2.24) is 0 Å². The third-order valence-corrected chi connectivity index (χ3v) is 3.68. The Hall–Kier alpha value is -0.690. The fourth-order valence-electron chi connectivity index (χ4n) is 1.77. The third-order valence-electron chi connectivity index (χ3n) is 2.54. The maximum Gasteiger partial charge on any atom is 0.0111 e. The Kier molecular flexibility index (Phi) is 3.30. The molecule has 0 spiro atoms. The zero-order valence-electron chi connectivity index (χ0n) is 8.62. The van der Waals surface area contributed by atoms with Gasteiger partial charge in [0.1, 0.15) is 0 Å². The van der Waals surface area contributed by atoms with Gasteiger partial charge in [-0.2, -0.15) is 0 Å². The molecule has 0 unspecified atom stereocenters. The average Bonchev–Trinajstić information content (AvgIpc) is 2.45. The Balaban J connectivity index is 2.08. The number of allylic oxidation sites excluding steroid dienone is 7. The molecule has 74 valence electrons. The molecule has 0 saturated carbocycles. The molecule has 0 aromatic rings. The van der Waals surface area contributed by atoms with E-state index in [1.54, 1.807) is 5.57 Å². The zero-order chi connectivity index (χ0) is 9.80. The van der Waals surface area contributed by atoms with Crippen LogP contribution in [0.25, 0.3) is 0 Å². The van der Waals surface area contributed by atoms with Crippen LogP contribution in [0, 0.1) is 0 Å². The first-order valence-corrected chi connectivity index (χ1v) is 6.07. The van der Waals surface area contributed by atoms with Crippen LogP contribution in [0.5, 0.6) is 0 Å². The number of hydrogen-bond acceptors (Lipinski definition) is 1. The van der Waals surface area contributed by atoms with E-state index in [0.717, 1.165) is 12.8 Å². The number of rotatable bonds is 1. The fraction of sp³-hybridized carbons (Fsp3) is 0.385. The van der Waals surface area contributed by atoms with Crippen molar-refractivity contribution in [3.63, 3.8) is 0 Å². The second-order valence-electron chi connectivity index (χ2n) is 3.70. The van der Waals surface area contributed by atoms with Crippen LogP contribution in [0.3, 0.4) is 0 Å². The monoisotopic (exact) mass is 204 g/mol. The second-order valence-corrected chi connectivity index (χ2v) is 4.98. The molecule has 1 heterocycles. The Morgan fingerprint density at radius 3 is 2.86 bits per heavy atom. The van der Waals surface area contributed by atoms with E-state index < -0.39 is 0 Å². The van der Waals surface area contributed by atoms with Crippen molar-refractivity contribution in [1.29, 1.82) is 0 Å². The summed E-state index contributed by atoms with van der Waals surface area (Å²) in [6, 6.07) is 0. The van der Waals surface area contributed by atoms with Crippen molar-refractivity contribution in [3.05, 3.63) is 45.8 Å². The van der Waals surface area contributed by atoms with Gasteiger partial charge >= 0.3 is 0 Å². The summed E-state index contributed by atoms with van der Waals surface area (Å²) in [7, 11) is 0. The van der Waals surface area contributed by atoms with Gasteiger partial charge in [0.05, 0.1) is 0 Å². The molecule has 0 saturated heterocycles. The summed E-state index contributed by atoms with van der Waals surface area (Å²) in [6.07, 6.45) is 16.2. The van der Waals surface area contributed by atoms with Gasteiger partial charge in [-0.1, -0.05) is 42.1 Å². The average molecular weight is 204 g/mol. The van der Waals surface area contributed by atoms with Gasteiger partial charge in [0.15, 0.2) is 0 Å². The van der Waals surface area contributed by atoms with Crippen LogP contribution >= 0.6 is 11.8 Å². The lowest BCUT2D eigenvalue weighted by atomic mass is 10.1. The molecule has 14 heavy (non-hydrogen) atoms. The number of hydrogen-bond donors (Lipinski definition) is 0. The van der Waals surface area contributed by atoms with Gasteiger partial charge < -0.3 is 0 Å². The molecular formula is C13H16S. The van der Waals surface area contributed by atoms with Crippen LogP contribution in [0.4, 0.5) is 0 Å². The standard InChI is InChI=1S/C13H16S/c1-11-7-6-10-13(14-11)12-8-4-2-3-5-9-12/h2-3,7-8,10H,4-6,9H2,1H3. The van der Waals surface area contributed by atoms with E-state index in [9.17, 15) is 0 Å². The molecule has 2 rings (SSSR count). The molecule has 2 aliphatic rings. The van der Waals surface area contributed by atoms with E-state index >= 15 is 0 Å². The molecule has 1 aliphatic carbocycles. The van der Waals surface area contributed by atoms with Gasteiger partial charge in [-0.3, -0.25) is 0 Å². The first-order valence-electron chi connectivity index (χ1n) is 5.25. The molecule has 0 aromatic heterocycles. The molecule has 0 fully saturated rings. The molecule has 1 aliphatic heterocycles. The molecule has 0 N–H and O–H groups in total. The summed E-state index contributed by atoms with van der Waals surface area (Å²) < 4.78 is 0. The molecule has 0 aromatic carbocycles. The Labute approximate surface area is 90.5 Å². The highest BCUT2D eigenvalue weighted by Gasteiger charge is 2.09. The molecule has 0 nitrogen and oxygen atoms in total. The second kappa shape index (κ2) is 4.70. The van der Waals surface area contributed by atoms with Gasteiger partial charge in [-0.05, 0) is 43.1 Å². The van der Waals surface area contributed by atoms with Crippen molar-refractivity contribution >= 4 is 11.8 Å². The minimum atomic E-state index is 1.11. The SMILES string of the molecule is CC1=CCC=C(C2=CCC=CCC2)S1. The van der Waals surface area contributed by atoms with Crippen LogP contribution in [0.15, 0.2) is 45.8 Å². The van der Waals surface area contributed by atoms with Crippen molar-refractivity contribution in [2.75, 3.05) is 0 Å². The maximum absolute atomic E-state index is 2.38. The van der Waals surface area contributed by atoms with Crippen LogP contribution in [-0.2, 0) is 0 Å². The Morgan fingerprint density at radius 2 is 2.00 bits per heavy atom. The third kappa shape index (κ3) is 2.42. The van der Waals surface area contributed by atoms with E-state index in [1.807, 2.05) is 11.8 Å². The van der Waals surface area contributed by atoms with Crippen molar-refractivity contribution < 1.29 is 0 Å². The highest BCUT2D eigenvalue weighted by atomic mass is 32.2. The summed E-state index contributed by atoms with van der Waals surface area (Å²) in [5.74, 6) is 0. The van der Waals surface area contributed by atoms with E-state index in [1.165, 1.54) is 22.7 Å². The van der Waals surface area contributed by atoms with Gasteiger partial charge in [0.2, 0.25) is 0 Å². The molecule has 1 heteroatoms. The summed E-state index contributed by atoms with van der Waals surface area (Å²) >= 11 is 1.93. The van der Waals surface area contributed by atoms with Crippen molar-refractivity contribution in [3.8, 4) is 0 Å². The summed E-state index contributed by atoms with van der Waals surface area (Å²) in [5.41, 5.74) is 1.55. The zero-order valence-corrected chi connectivity index (χ0v) is 9.44. The van der Waals surface area contributed by atoms with Crippen molar-refractivity contribution in [2.45, 2.75) is 32.6 Å². The lowest BCUT2D eigenvalue weighted by molar-refractivity contribution is 1.01. The first-order chi connectivity index (χ1) is 6.86. The Morgan fingerprint density at radius 1 is 1.07 bits per heavy atom. The van der Waals surface area contributed by atoms with E-state index in [0.29, 0.717) is 0 Å². The molecule has 0 atom stereocenters. The van der Waals surface area contributed by atoms with Crippen LogP contribution in [0.1, 0.15) is 32.6 Å². The fourth-order valence-corrected chi connectivity index (χ4v) is 2.80. The lowest BCUT2D eigenvalue weighted by Crippen LogP contribution is -1.89. The normalized spacial score (nSPS) is 22.2. The minimum absolute atomic E-state index is 1.11. The quantitative estimate of drug-likeness (QED) is 0.563. The van der Waals surface area contributed by atoms with Gasteiger partial charge in [0.25, 0.3) is 0 Å². The number of thioether (sulfide) groups is 1. The van der Waals surface area contributed by atoms with Crippen molar-refractivity contribution in [2.24, 2.45) is 0 Å².